The number of nitrogens with one attached hydrogen (secondary N) is 2. The first kappa shape index (κ1) is 35.1. The SMILES string of the molecule is COc1cc(NC(=O)CCCc2ccc(-c3ccccc3)c(NC(=O)O[C@@H]3C[C@@H]4[C@H]5O[C@H]5[C@H](C3)N4C)c2)ccc1CO[Si](C)(C)C(C)(C)C. The first-order chi connectivity index (χ1) is 23.3. The van der Waals surface area contributed by atoms with E-state index in [4.69, 9.17) is 18.6 Å². The fourth-order valence-electron chi connectivity index (χ4n) is 6.90. The summed E-state index contributed by atoms with van der Waals surface area (Å²) in [6.07, 6.45) is 3.27. The Bertz CT molecular complexity index is 1640. The van der Waals surface area contributed by atoms with E-state index in [9.17, 15) is 9.59 Å². The molecule has 2 amide bonds. The van der Waals surface area contributed by atoms with Crippen molar-refractivity contribution in [2.45, 2.75) is 108 Å². The zero-order valence-electron chi connectivity index (χ0n) is 29.9. The van der Waals surface area contributed by atoms with Crippen molar-refractivity contribution in [1.29, 1.82) is 0 Å². The van der Waals surface area contributed by atoms with E-state index in [0.29, 0.717) is 55.1 Å². The van der Waals surface area contributed by atoms with Crippen LogP contribution in [0.15, 0.2) is 66.7 Å². The summed E-state index contributed by atoms with van der Waals surface area (Å²) < 4.78 is 23.8. The molecule has 9 nitrogen and oxygen atoms in total. The van der Waals surface area contributed by atoms with E-state index < -0.39 is 14.4 Å². The number of nitrogens with zero attached hydrogens (tertiary/aromatic N) is 1. The molecule has 49 heavy (non-hydrogen) atoms. The highest BCUT2D eigenvalue weighted by Crippen LogP contribution is 2.48. The van der Waals surface area contributed by atoms with Gasteiger partial charge in [0.2, 0.25) is 5.91 Å². The zero-order valence-corrected chi connectivity index (χ0v) is 30.9. The van der Waals surface area contributed by atoms with Crippen molar-refractivity contribution in [3.63, 3.8) is 0 Å². The maximum atomic E-state index is 13.2. The summed E-state index contributed by atoms with van der Waals surface area (Å²) in [6, 6.07) is 22.4. The van der Waals surface area contributed by atoms with Crippen LogP contribution >= 0.6 is 0 Å². The molecule has 3 fully saturated rings. The van der Waals surface area contributed by atoms with Gasteiger partial charge in [0.15, 0.2) is 8.32 Å². The van der Waals surface area contributed by atoms with E-state index in [1.807, 2.05) is 60.7 Å². The Morgan fingerprint density at radius 2 is 1.67 bits per heavy atom. The summed E-state index contributed by atoms with van der Waals surface area (Å²) in [5.74, 6) is 0.632. The number of morpholine rings is 1. The molecule has 3 aromatic carbocycles. The Morgan fingerprint density at radius 3 is 2.35 bits per heavy atom. The molecule has 3 aliphatic rings. The highest BCUT2D eigenvalue weighted by atomic mass is 28.4. The van der Waals surface area contributed by atoms with Crippen LogP contribution in [0.3, 0.4) is 0 Å². The molecule has 0 spiro atoms. The lowest BCUT2D eigenvalue weighted by Crippen LogP contribution is -2.48. The van der Waals surface area contributed by atoms with E-state index in [-0.39, 0.29) is 29.3 Å². The van der Waals surface area contributed by atoms with Crippen molar-refractivity contribution in [2.75, 3.05) is 24.8 Å². The molecule has 262 valence electrons. The van der Waals surface area contributed by atoms with Gasteiger partial charge in [-0.15, -0.1) is 0 Å². The number of rotatable bonds is 12. The summed E-state index contributed by atoms with van der Waals surface area (Å²) in [5, 5.41) is 6.18. The number of hydrogen-bond acceptors (Lipinski definition) is 7. The average molecular weight is 686 g/mol. The van der Waals surface area contributed by atoms with Gasteiger partial charge in [-0.2, -0.15) is 0 Å². The molecule has 0 aromatic heterocycles. The van der Waals surface area contributed by atoms with Crippen molar-refractivity contribution >= 4 is 31.7 Å². The normalized spacial score (nSPS) is 23.0. The molecule has 10 heteroatoms. The fourth-order valence-corrected chi connectivity index (χ4v) is 7.85. The first-order valence-corrected chi connectivity index (χ1v) is 20.4. The predicted molar refractivity (Wildman–Crippen MR) is 196 cm³/mol. The Hall–Kier alpha value is -3.70. The van der Waals surface area contributed by atoms with Gasteiger partial charge in [0, 0.05) is 54.2 Å². The molecule has 5 atom stereocenters. The van der Waals surface area contributed by atoms with Crippen molar-refractivity contribution in [2.24, 2.45) is 0 Å². The number of likely N-dealkylation sites (N-methyl/N-ethyl adjacent to an activating group) is 1. The Kier molecular flexibility index (Phi) is 10.2. The number of piperidine rings is 1. The van der Waals surface area contributed by atoms with E-state index >= 15 is 0 Å². The van der Waals surface area contributed by atoms with Crippen LogP contribution in [0.1, 0.15) is 57.6 Å². The van der Waals surface area contributed by atoms with Crippen molar-refractivity contribution in [1.82, 2.24) is 4.90 Å². The van der Waals surface area contributed by atoms with Gasteiger partial charge < -0.3 is 24.0 Å². The molecule has 3 heterocycles. The quantitative estimate of drug-likeness (QED) is 0.147. The van der Waals surface area contributed by atoms with Crippen molar-refractivity contribution in [3.05, 3.63) is 77.9 Å². The number of carbonyl (C=O) groups excluding carboxylic acids is 2. The largest absolute Gasteiger partial charge is 0.496 e. The second-order valence-electron chi connectivity index (χ2n) is 15.2. The number of ether oxygens (including phenoxy) is 3. The molecule has 0 aliphatic carbocycles. The summed E-state index contributed by atoms with van der Waals surface area (Å²) in [6.45, 7) is 11.6. The van der Waals surface area contributed by atoms with Crippen molar-refractivity contribution < 1.29 is 28.2 Å². The number of fused-ring (bicyclic) bond motifs is 5. The highest BCUT2D eigenvalue weighted by molar-refractivity contribution is 6.74. The van der Waals surface area contributed by atoms with Crippen LogP contribution in [0.4, 0.5) is 16.2 Å². The summed E-state index contributed by atoms with van der Waals surface area (Å²) in [7, 11) is 1.87. The van der Waals surface area contributed by atoms with Crippen LogP contribution in [0.25, 0.3) is 11.1 Å². The lowest BCUT2D eigenvalue weighted by Gasteiger charge is -2.37. The molecule has 2 N–H and O–H groups in total. The molecule has 2 bridgehead atoms. The summed E-state index contributed by atoms with van der Waals surface area (Å²) in [4.78, 5) is 28.5. The Morgan fingerprint density at radius 1 is 0.959 bits per heavy atom. The van der Waals surface area contributed by atoms with Crippen LogP contribution in [0.5, 0.6) is 5.75 Å². The smallest absolute Gasteiger partial charge is 0.411 e. The Balaban J connectivity index is 1.04. The minimum absolute atomic E-state index is 0.0645. The van der Waals surface area contributed by atoms with E-state index in [2.05, 4.69) is 62.5 Å². The second-order valence-corrected chi connectivity index (χ2v) is 20.0. The van der Waals surface area contributed by atoms with Gasteiger partial charge in [-0.05, 0) is 61.3 Å². The second kappa shape index (κ2) is 14.3. The third-order valence-corrected chi connectivity index (χ3v) is 15.4. The van der Waals surface area contributed by atoms with Gasteiger partial charge in [-0.25, -0.2) is 4.79 Å². The Labute approximate surface area is 291 Å². The van der Waals surface area contributed by atoms with Gasteiger partial charge in [-0.1, -0.05) is 69.3 Å². The van der Waals surface area contributed by atoms with Crippen LogP contribution in [-0.4, -0.2) is 69.8 Å². The van der Waals surface area contributed by atoms with E-state index in [1.54, 1.807) is 7.11 Å². The maximum Gasteiger partial charge on any atom is 0.411 e. The predicted octanol–water partition coefficient (Wildman–Crippen LogP) is 8.01. The number of aryl methyl sites for hydroxylation is 1. The van der Waals surface area contributed by atoms with Gasteiger partial charge in [-0.3, -0.25) is 15.0 Å². The van der Waals surface area contributed by atoms with Crippen LogP contribution in [-0.2, 0) is 31.7 Å². The average Bonchev–Trinajstić information content (AvgIpc) is 3.82. The number of epoxide rings is 1. The number of hydrogen-bond donors (Lipinski definition) is 2. The molecule has 0 saturated carbocycles. The minimum atomic E-state index is -1.91. The van der Waals surface area contributed by atoms with E-state index in [1.165, 1.54) is 0 Å². The monoisotopic (exact) mass is 685 g/mol. The topological polar surface area (TPSA) is 102 Å². The molecule has 3 saturated heterocycles. The van der Waals surface area contributed by atoms with Gasteiger partial charge >= 0.3 is 6.09 Å². The number of benzene rings is 3. The van der Waals surface area contributed by atoms with Gasteiger partial charge in [0.1, 0.15) is 24.1 Å². The number of amides is 2. The summed E-state index contributed by atoms with van der Waals surface area (Å²) in [5.41, 5.74) is 5.31. The number of carbonyl (C=O) groups is 2. The minimum Gasteiger partial charge on any atom is -0.496 e. The molecule has 0 radical (unpaired) electrons. The van der Waals surface area contributed by atoms with Crippen LogP contribution in [0.2, 0.25) is 18.1 Å². The number of methoxy groups -OCH3 is 1. The molecule has 0 unspecified atom stereocenters. The summed E-state index contributed by atoms with van der Waals surface area (Å²) >= 11 is 0. The van der Waals surface area contributed by atoms with Crippen LogP contribution in [0, 0.1) is 0 Å². The fraction of sp³-hybridized carbons (Fsp3) is 0.487. The van der Waals surface area contributed by atoms with E-state index in [0.717, 1.165) is 35.1 Å². The lowest BCUT2D eigenvalue weighted by atomic mass is 9.99. The standard InChI is InChI=1S/C39H51N3O6Si/c1-39(2,3)49(6,7)46-24-27-17-18-28(21-34(27)45-5)40-35(43)15-11-12-25-16-19-30(26-13-9-8-10-14-26)31(20-25)41-38(44)47-29-22-32-36-37(48-36)33(23-29)42(32)4/h8-10,13-14,16-21,29,32-33,36-37H,11-12,15,22-24H2,1-7H3,(H,40,43)(H,41,44)/t29-,32-,33+,36-,37+. The zero-order chi connectivity index (χ0) is 34.9. The molecule has 3 aliphatic heterocycles. The number of anilines is 2. The van der Waals surface area contributed by atoms with Crippen molar-refractivity contribution in [3.8, 4) is 16.9 Å². The van der Waals surface area contributed by atoms with Gasteiger partial charge in [0.25, 0.3) is 0 Å². The van der Waals surface area contributed by atoms with Crippen LogP contribution < -0.4 is 15.4 Å². The molecule has 6 rings (SSSR count). The first-order valence-electron chi connectivity index (χ1n) is 17.5. The maximum absolute atomic E-state index is 13.2. The molecular weight excluding hydrogens is 635 g/mol. The third-order valence-electron chi connectivity index (χ3n) is 10.9. The van der Waals surface area contributed by atoms with Gasteiger partial charge in [0.05, 0.1) is 19.4 Å². The molecular formula is C39H51N3O6Si. The highest BCUT2D eigenvalue weighted by Gasteiger charge is 2.62. The lowest BCUT2D eigenvalue weighted by molar-refractivity contribution is -0.116. The third kappa shape index (κ3) is 8.04. The molecule has 3 aromatic rings.